The molecule has 0 spiro atoms. The number of imidazole rings is 1. The van der Waals surface area contributed by atoms with Crippen molar-refractivity contribution in [2.75, 3.05) is 26.8 Å². The molecule has 1 amide bonds. The Hall–Kier alpha value is -1.40. The Morgan fingerprint density at radius 1 is 1.47 bits per heavy atom. The van der Waals surface area contributed by atoms with Crippen LogP contribution in [0, 0.1) is 5.92 Å². The van der Waals surface area contributed by atoms with Crippen molar-refractivity contribution in [1.29, 1.82) is 0 Å². The SMILES string of the molecule is CNC1COCC1C(=O)NCCCCn1ccnc1. The van der Waals surface area contributed by atoms with Crippen LogP contribution in [-0.4, -0.2) is 48.3 Å². The van der Waals surface area contributed by atoms with Crippen LogP contribution in [0.5, 0.6) is 0 Å². The third kappa shape index (κ3) is 4.04. The van der Waals surface area contributed by atoms with Gasteiger partial charge in [0.1, 0.15) is 0 Å². The highest BCUT2D eigenvalue weighted by molar-refractivity contribution is 5.79. The van der Waals surface area contributed by atoms with E-state index in [1.165, 1.54) is 0 Å². The van der Waals surface area contributed by atoms with E-state index in [2.05, 4.69) is 15.6 Å². The maximum absolute atomic E-state index is 12.0. The van der Waals surface area contributed by atoms with Gasteiger partial charge in [0.2, 0.25) is 5.91 Å². The Morgan fingerprint density at radius 3 is 3.11 bits per heavy atom. The van der Waals surface area contributed by atoms with Gasteiger partial charge in [-0.1, -0.05) is 0 Å². The van der Waals surface area contributed by atoms with Crippen LogP contribution in [0.2, 0.25) is 0 Å². The molecule has 2 atom stereocenters. The summed E-state index contributed by atoms with van der Waals surface area (Å²) in [6, 6.07) is 0.144. The summed E-state index contributed by atoms with van der Waals surface area (Å²) in [5.41, 5.74) is 0. The first-order chi connectivity index (χ1) is 9.31. The second kappa shape index (κ2) is 7.25. The zero-order chi connectivity index (χ0) is 13.5. The number of unbranched alkanes of at least 4 members (excludes halogenated alkanes) is 1. The lowest BCUT2D eigenvalue weighted by molar-refractivity contribution is -0.125. The van der Waals surface area contributed by atoms with Crippen molar-refractivity contribution in [3.63, 3.8) is 0 Å². The number of ether oxygens (including phenoxy) is 1. The molecule has 6 heteroatoms. The highest BCUT2D eigenvalue weighted by Crippen LogP contribution is 2.13. The van der Waals surface area contributed by atoms with Gasteiger partial charge in [0.05, 0.1) is 25.5 Å². The molecule has 0 aliphatic carbocycles. The molecule has 1 aromatic heterocycles. The number of carbonyl (C=O) groups is 1. The molecule has 19 heavy (non-hydrogen) atoms. The van der Waals surface area contributed by atoms with E-state index in [9.17, 15) is 4.79 Å². The van der Waals surface area contributed by atoms with Gasteiger partial charge in [-0.25, -0.2) is 4.98 Å². The van der Waals surface area contributed by atoms with E-state index in [0.717, 1.165) is 25.9 Å². The molecule has 1 aliphatic rings. The third-order valence-electron chi connectivity index (χ3n) is 3.49. The van der Waals surface area contributed by atoms with Crippen LogP contribution in [-0.2, 0) is 16.1 Å². The average Bonchev–Trinajstić information content (AvgIpc) is 3.08. The Labute approximate surface area is 113 Å². The highest BCUT2D eigenvalue weighted by Gasteiger charge is 2.32. The number of aromatic nitrogens is 2. The largest absolute Gasteiger partial charge is 0.379 e. The second-order valence-corrected chi connectivity index (χ2v) is 4.84. The van der Waals surface area contributed by atoms with Crippen molar-refractivity contribution in [3.8, 4) is 0 Å². The minimum absolute atomic E-state index is 0.0568. The second-order valence-electron chi connectivity index (χ2n) is 4.84. The van der Waals surface area contributed by atoms with E-state index in [0.29, 0.717) is 13.2 Å². The summed E-state index contributed by atoms with van der Waals surface area (Å²) in [6.45, 7) is 2.81. The van der Waals surface area contributed by atoms with E-state index in [-0.39, 0.29) is 17.9 Å². The molecule has 106 valence electrons. The number of hydrogen-bond donors (Lipinski definition) is 2. The minimum atomic E-state index is -0.0568. The van der Waals surface area contributed by atoms with Gasteiger partial charge in [0, 0.05) is 31.5 Å². The molecule has 1 saturated heterocycles. The lowest BCUT2D eigenvalue weighted by Gasteiger charge is -2.16. The van der Waals surface area contributed by atoms with Crippen LogP contribution in [0.25, 0.3) is 0 Å². The maximum atomic E-state index is 12.0. The lowest BCUT2D eigenvalue weighted by atomic mass is 10.0. The van der Waals surface area contributed by atoms with Crippen molar-refractivity contribution in [2.24, 2.45) is 5.92 Å². The number of carbonyl (C=O) groups excluding carboxylic acids is 1. The molecular weight excluding hydrogens is 244 g/mol. The van der Waals surface area contributed by atoms with Crippen molar-refractivity contribution in [1.82, 2.24) is 20.2 Å². The average molecular weight is 266 g/mol. The first-order valence-corrected chi connectivity index (χ1v) is 6.79. The molecule has 0 aromatic carbocycles. The Morgan fingerprint density at radius 2 is 2.37 bits per heavy atom. The van der Waals surface area contributed by atoms with Gasteiger partial charge < -0.3 is 19.9 Å². The molecule has 1 aliphatic heterocycles. The standard InChI is InChI=1S/C13H22N4O2/c1-14-12-9-19-8-11(12)13(18)16-4-2-3-6-17-7-5-15-10-17/h5,7,10-12,14H,2-4,6,8-9H2,1H3,(H,16,18). The number of aryl methyl sites for hydroxylation is 1. The van der Waals surface area contributed by atoms with E-state index in [4.69, 9.17) is 4.74 Å². The predicted molar refractivity (Wildman–Crippen MR) is 71.6 cm³/mol. The Balaban J connectivity index is 1.59. The first-order valence-electron chi connectivity index (χ1n) is 6.79. The molecule has 0 radical (unpaired) electrons. The maximum Gasteiger partial charge on any atom is 0.227 e. The third-order valence-corrected chi connectivity index (χ3v) is 3.49. The van der Waals surface area contributed by atoms with Crippen molar-refractivity contribution in [2.45, 2.75) is 25.4 Å². The number of nitrogens with zero attached hydrogens (tertiary/aromatic N) is 2. The summed E-state index contributed by atoms with van der Waals surface area (Å²) >= 11 is 0. The van der Waals surface area contributed by atoms with Crippen LogP contribution < -0.4 is 10.6 Å². The number of rotatable bonds is 7. The fourth-order valence-electron chi connectivity index (χ4n) is 2.28. The Bertz CT molecular complexity index is 380. The number of hydrogen-bond acceptors (Lipinski definition) is 4. The topological polar surface area (TPSA) is 68.2 Å². The highest BCUT2D eigenvalue weighted by atomic mass is 16.5. The molecule has 1 fully saturated rings. The van der Waals surface area contributed by atoms with E-state index in [1.54, 1.807) is 6.20 Å². The summed E-state index contributed by atoms with van der Waals surface area (Å²) in [6.07, 6.45) is 7.55. The van der Waals surface area contributed by atoms with Crippen LogP contribution in [0.15, 0.2) is 18.7 Å². The van der Waals surface area contributed by atoms with Crippen molar-refractivity contribution in [3.05, 3.63) is 18.7 Å². The van der Waals surface area contributed by atoms with Gasteiger partial charge >= 0.3 is 0 Å². The van der Waals surface area contributed by atoms with Gasteiger partial charge in [0.15, 0.2) is 0 Å². The van der Waals surface area contributed by atoms with Crippen LogP contribution >= 0.6 is 0 Å². The molecule has 0 saturated carbocycles. The smallest absolute Gasteiger partial charge is 0.227 e. The lowest BCUT2D eigenvalue weighted by Crippen LogP contribution is -2.42. The summed E-state index contributed by atoms with van der Waals surface area (Å²) in [5, 5.41) is 6.10. The summed E-state index contributed by atoms with van der Waals surface area (Å²) in [7, 11) is 1.87. The van der Waals surface area contributed by atoms with E-state index >= 15 is 0 Å². The van der Waals surface area contributed by atoms with Crippen LogP contribution in [0.3, 0.4) is 0 Å². The van der Waals surface area contributed by atoms with E-state index < -0.39 is 0 Å². The monoisotopic (exact) mass is 266 g/mol. The summed E-state index contributed by atoms with van der Waals surface area (Å²) in [4.78, 5) is 16.0. The molecule has 2 heterocycles. The molecule has 2 N–H and O–H groups in total. The summed E-state index contributed by atoms with van der Waals surface area (Å²) < 4.78 is 7.37. The molecule has 2 rings (SSSR count). The summed E-state index contributed by atoms with van der Waals surface area (Å²) in [5.74, 6) is 0.0399. The van der Waals surface area contributed by atoms with E-state index in [1.807, 2.05) is 24.1 Å². The van der Waals surface area contributed by atoms with Crippen molar-refractivity contribution >= 4 is 5.91 Å². The molecule has 2 unspecified atom stereocenters. The molecule has 6 nitrogen and oxygen atoms in total. The van der Waals surface area contributed by atoms with Crippen molar-refractivity contribution < 1.29 is 9.53 Å². The molecular formula is C13H22N4O2. The Kier molecular flexibility index (Phi) is 5.35. The van der Waals surface area contributed by atoms with Gasteiger partial charge in [-0.3, -0.25) is 4.79 Å². The molecule has 1 aromatic rings. The minimum Gasteiger partial charge on any atom is -0.379 e. The normalized spacial score (nSPS) is 22.6. The zero-order valence-electron chi connectivity index (χ0n) is 11.3. The van der Waals surface area contributed by atoms with Crippen LogP contribution in [0.4, 0.5) is 0 Å². The quantitative estimate of drug-likeness (QED) is 0.682. The predicted octanol–water partition coefficient (Wildman–Crippen LogP) is 0.0139. The van der Waals surface area contributed by atoms with Gasteiger partial charge in [-0.15, -0.1) is 0 Å². The fraction of sp³-hybridized carbons (Fsp3) is 0.692. The number of likely N-dealkylation sites (N-methyl/N-ethyl adjacent to an activating group) is 1. The first kappa shape index (κ1) is 14.0. The van der Waals surface area contributed by atoms with Crippen LogP contribution in [0.1, 0.15) is 12.8 Å². The molecule has 0 bridgehead atoms. The van der Waals surface area contributed by atoms with Gasteiger partial charge in [0.25, 0.3) is 0 Å². The number of amides is 1. The van der Waals surface area contributed by atoms with Gasteiger partial charge in [-0.05, 0) is 19.9 Å². The van der Waals surface area contributed by atoms with Gasteiger partial charge in [-0.2, -0.15) is 0 Å². The fourth-order valence-corrected chi connectivity index (χ4v) is 2.28. The number of nitrogens with one attached hydrogen (secondary N) is 2. The zero-order valence-corrected chi connectivity index (χ0v) is 11.3.